The summed E-state index contributed by atoms with van der Waals surface area (Å²) in [4.78, 5) is 14.8. The molecule has 2 rings (SSSR count). The van der Waals surface area contributed by atoms with Gasteiger partial charge in [0.25, 0.3) is 5.91 Å². The van der Waals surface area contributed by atoms with E-state index in [1.165, 1.54) is 43.1 Å². The van der Waals surface area contributed by atoms with Crippen LogP contribution >= 0.6 is 24.0 Å². The fraction of sp³-hybridized carbons (Fsp3) is 0.444. The molecule has 0 aromatic heterocycles. The van der Waals surface area contributed by atoms with Crippen molar-refractivity contribution in [1.82, 2.24) is 5.32 Å². The smallest absolute Gasteiger partial charge is 0.263 e. The Morgan fingerprint density at radius 1 is 1.13 bits per heavy atom. The minimum Gasteiger partial charge on any atom is -0.372 e. The molecule has 1 aromatic carbocycles. The van der Waals surface area contributed by atoms with E-state index in [9.17, 15) is 4.79 Å². The summed E-state index contributed by atoms with van der Waals surface area (Å²) >= 11 is 6.33. The van der Waals surface area contributed by atoms with Gasteiger partial charge in [0, 0.05) is 18.8 Å². The van der Waals surface area contributed by atoms with Crippen LogP contribution in [0.1, 0.15) is 45.1 Å². The van der Waals surface area contributed by atoms with Crippen molar-refractivity contribution >= 4 is 46.0 Å². The predicted octanol–water partition coefficient (Wildman–Crippen LogP) is 4.58. The zero-order chi connectivity index (χ0) is 16.7. The fourth-order valence-electron chi connectivity index (χ4n) is 2.42. The van der Waals surface area contributed by atoms with Gasteiger partial charge in [0.1, 0.15) is 4.32 Å². The summed E-state index contributed by atoms with van der Waals surface area (Å²) in [5.41, 5.74) is 2.29. The van der Waals surface area contributed by atoms with Gasteiger partial charge in [-0.3, -0.25) is 4.79 Å². The lowest BCUT2D eigenvalue weighted by molar-refractivity contribution is -0.115. The SMILES string of the molecule is CCCCN(CCCC)c1ccc(/C=C2/SC(=S)NC2=O)cc1. The van der Waals surface area contributed by atoms with Crippen LogP contribution in [-0.2, 0) is 4.79 Å². The molecule has 5 heteroatoms. The number of rotatable bonds is 8. The Bertz CT molecular complexity index is 573. The summed E-state index contributed by atoms with van der Waals surface area (Å²) in [6.07, 6.45) is 6.73. The van der Waals surface area contributed by atoms with Crippen LogP contribution in [-0.4, -0.2) is 23.3 Å². The molecule has 0 radical (unpaired) electrons. The van der Waals surface area contributed by atoms with Gasteiger partial charge in [-0.05, 0) is 36.6 Å². The highest BCUT2D eigenvalue weighted by molar-refractivity contribution is 8.26. The third-order valence-corrected chi connectivity index (χ3v) is 4.92. The Kier molecular flexibility index (Phi) is 7.12. The predicted molar refractivity (Wildman–Crippen MR) is 105 cm³/mol. The second kappa shape index (κ2) is 9.08. The molecule has 1 aliphatic heterocycles. The highest BCUT2D eigenvalue weighted by atomic mass is 32.2. The van der Waals surface area contributed by atoms with Crippen molar-refractivity contribution in [2.45, 2.75) is 39.5 Å². The summed E-state index contributed by atoms with van der Waals surface area (Å²) in [6, 6.07) is 8.44. The normalized spacial score (nSPS) is 16.0. The van der Waals surface area contributed by atoms with Gasteiger partial charge in [-0.15, -0.1) is 0 Å². The third kappa shape index (κ3) is 5.36. The van der Waals surface area contributed by atoms with Crippen molar-refractivity contribution in [3.8, 4) is 0 Å². The van der Waals surface area contributed by atoms with Crippen molar-refractivity contribution in [2.75, 3.05) is 18.0 Å². The van der Waals surface area contributed by atoms with Gasteiger partial charge >= 0.3 is 0 Å². The largest absolute Gasteiger partial charge is 0.372 e. The number of thiocarbonyl (C=S) groups is 1. The number of hydrogen-bond acceptors (Lipinski definition) is 4. The first-order valence-corrected chi connectivity index (χ1v) is 9.46. The fourth-order valence-corrected chi connectivity index (χ4v) is 3.47. The van der Waals surface area contributed by atoms with Crippen molar-refractivity contribution in [3.63, 3.8) is 0 Å². The van der Waals surface area contributed by atoms with E-state index >= 15 is 0 Å². The molecule has 1 aliphatic rings. The number of nitrogens with one attached hydrogen (secondary N) is 1. The van der Waals surface area contributed by atoms with Crippen LogP contribution in [0.4, 0.5) is 5.69 Å². The Morgan fingerprint density at radius 3 is 2.22 bits per heavy atom. The number of amides is 1. The summed E-state index contributed by atoms with van der Waals surface area (Å²) in [6.45, 7) is 6.65. The maximum atomic E-state index is 11.7. The van der Waals surface area contributed by atoms with E-state index in [4.69, 9.17) is 12.2 Å². The lowest BCUT2D eigenvalue weighted by Gasteiger charge is -2.24. The van der Waals surface area contributed by atoms with Gasteiger partial charge in [0.05, 0.1) is 4.91 Å². The Morgan fingerprint density at radius 2 is 1.74 bits per heavy atom. The molecule has 1 heterocycles. The van der Waals surface area contributed by atoms with Crippen LogP contribution in [0.5, 0.6) is 0 Å². The highest BCUT2D eigenvalue weighted by Gasteiger charge is 2.21. The number of unbranched alkanes of at least 4 members (excludes halogenated alkanes) is 2. The quantitative estimate of drug-likeness (QED) is 0.550. The topological polar surface area (TPSA) is 32.3 Å². The van der Waals surface area contributed by atoms with Gasteiger partial charge in [-0.1, -0.05) is 62.8 Å². The molecule has 1 saturated heterocycles. The lowest BCUT2D eigenvalue weighted by Crippen LogP contribution is -2.25. The molecule has 124 valence electrons. The molecule has 0 atom stereocenters. The molecule has 0 spiro atoms. The Labute approximate surface area is 148 Å². The molecule has 1 N–H and O–H groups in total. The van der Waals surface area contributed by atoms with Crippen LogP contribution in [0.15, 0.2) is 29.2 Å². The van der Waals surface area contributed by atoms with Crippen molar-refractivity contribution < 1.29 is 4.79 Å². The molecule has 3 nitrogen and oxygen atoms in total. The number of hydrogen-bond donors (Lipinski definition) is 1. The minimum absolute atomic E-state index is 0.100. The van der Waals surface area contributed by atoms with Gasteiger partial charge in [0.15, 0.2) is 0 Å². The van der Waals surface area contributed by atoms with E-state index in [1.807, 2.05) is 6.08 Å². The van der Waals surface area contributed by atoms with Gasteiger partial charge in [-0.2, -0.15) is 0 Å². The zero-order valence-electron chi connectivity index (χ0n) is 13.8. The average molecular weight is 349 g/mol. The summed E-state index contributed by atoms with van der Waals surface area (Å²) in [5, 5.41) is 2.64. The number of carbonyl (C=O) groups excluding carboxylic acids is 1. The van der Waals surface area contributed by atoms with Crippen molar-refractivity contribution in [3.05, 3.63) is 34.7 Å². The number of nitrogens with zero attached hydrogens (tertiary/aromatic N) is 1. The molecule has 0 saturated carbocycles. The van der Waals surface area contributed by atoms with E-state index in [-0.39, 0.29) is 5.91 Å². The summed E-state index contributed by atoms with van der Waals surface area (Å²) in [7, 11) is 0. The first-order chi connectivity index (χ1) is 11.1. The van der Waals surface area contributed by atoms with Crippen LogP contribution in [0.25, 0.3) is 6.08 Å². The standard InChI is InChI=1S/C18H24N2OS2/c1-3-5-11-20(12-6-4-2)15-9-7-14(8-10-15)13-16-17(21)19-18(22)23-16/h7-10,13H,3-6,11-12H2,1-2H3,(H,19,21,22)/b16-13+. The molecule has 0 aliphatic carbocycles. The number of benzene rings is 1. The van der Waals surface area contributed by atoms with E-state index < -0.39 is 0 Å². The first kappa shape index (κ1) is 18.0. The van der Waals surface area contributed by atoms with Gasteiger partial charge < -0.3 is 10.2 Å². The third-order valence-electron chi connectivity index (χ3n) is 3.76. The molecule has 1 aromatic rings. The summed E-state index contributed by atoms with van der Waals surface area (Å²) in [5.74, 6) is -0.100. The highest BCUT2D eigenvalue weighted by Crippen LogP contribution is 2.26. The second-order valence-corrected chi connectivity index (χ2v) is 7.36. The molecule has 23 heavy (non-hydrogen) atoms. The molecule has 1 fully saturated rings. The van der Waals surface area contributed by atoms with Crippen LogP contribution in [0, 0.1) is 0 Å². The molecule has 0 unspecified atom stereocenters. The van der Waals surface area contributed by atoms with E-state index in [2.05, 4.69) is 48.3 Å². The number of carbonyl (C=O) groups is 1. The number of anilines is 1. The van der Waals surface area contributed by atoms with Crippen molar-refractivity contribution in [1.29, 1.82) is 0 Å². The van der Waals surface area contributed by atoms with Crippen molar-refractivity contribution in [2.24, 2.45) is 0 Å². The van der Waals surface area contributed by atoms with Crippen LogP contribution < -0.4 is 10.2 Å². The molecular formula is C18H24N2OS2. The molecule has 1 amide bonds. The molecule has 0 bridgehead atoms. The number of thioether (sulfide) groups is 1. The average Bonchev–Trinajstić information content (AvgIpc) is 2.86. The minimum atomic E-state index is -0.100. The summed E-state index contributed by atoms with van der Waals surface area (Å²) < 4.78 is 0.531. The van der Waals surface area contributed by atoms with E-state index in [0.29, 0.717) is 9.23 Å². The van der Waals surface area contributed by atoms with Crippen LogP contribution in [0.3, 0.4) is 0 Å². The maximum absolute atomic E-state index is 11.7. The van der Waals surface area contributed by atoms with Crippen LogP contribution in [0.2, 0.25) is 0 Å². The Hall–Kier alpha value is -1.33. The van der Waals surface area contributed by atoms with E-state index in [0.717, 1.165) is 18.7 Å². The van der Waals surface area contributed by atoms with E-state index in [1.54, 1.807) is 0 Å². The Balaban J connectivity index is 2.08. The first-order valence-electron chi connectivity index (χ1n) is 8.24. The monoisotopic (exact) mass is 348 g/mol. The molecular weight excluding hydrogens is 324 g/mol. The lowest BCUT2D eigenvalue weighted by atomic mass is 10.1. The van der Waals surface area contributed by atoms with Gasteiger partial charge in [-0.25, -0.2) is 0 Å². The zero-order valence-corrected chi connectivity index (χ0v) is 15.4. The van der Waals surface area contributed by atoms with Gasteiger partial charge in [0.2, 0.25) is 0 Å². The second-order valence-electron chi connectivity index (χ2n) is 5.64. The maximum Gasteiger partial charge on any atom is 0.263 e.